The first kappa shape index (κ1) is 16.9. The van der Waals surface area contributed by atoms with Crippen LogP contribution in [0.2, 0.25) is 0 Å². The van der Waals surface area contributed by atoms with Crippen molar-refractivity contribution in [3.63, 3.8) is 0 Å². The van der Waals surface area contributed by atoms with Crippen LogP contribution in [0.3, 0.4) is 0 Å². The Morgan fingerprint density at radius 2 is 1.88 bits per heavy atom. The lowest BCUT2D eigenvalue weighted by molar-refractivity contribution is 0.122. The average Bonchev–Trinajstić information content (AvgIpc) is 2.70. The minimum Gasteiger partial charge on any atom is -0.493 e. The maximum absolute atomic E-state index is 9.89. The Bertz CT molecular complexity index is 925. The zero-order valence-corrected chi connectivity index (χ0v) is 15.0. The molecule has 0 saturated carbocycles. The molecular formula is C19H21ClN4O2. The van der Waals surface area contributed by atoms with Gasteiger partial charge in [0.2, 0.25) is 5.88 Å². The molecule has 7 heteroatoms. The Morgan fingerprint density at radius 3 is 2.73 bits per heavy atom. The van der Waals surface area contributed by atoms with Crippen molar-refractivity contribution in [1.82, 2.24) is 10.9 Å². The molecule has 2 aliphatic rings. The molecule has 0 amide bonds. The molecule has 26 heavy (non-hydrogen) atoms. The Balaban J connectivity index is 1.57. The van der Waals surface area contributed by atoms with Crippen molar-refractivity contribution in [3.05, 3.63) is 58.5 Å². The molecule has 0 bridgehead atoms. The Labute approximate surface area is 156 Å². The van der Waals surface area contributed by atoms with E-state index < -0.39 is 0 Å². The van der Waals surface area contributed by atoms with Crippen LogP contribution in [0, 0.1) is 0 Å². The highest BCUT2D eigenvalue weighted by Crippen LogP contribution is 2.22. The summed E-state index contributed by atoms with van der Waals surface area (Å²) in [5.74, 6) is 0.0635. The van der Waals surface area contributed by atoms with Crippen LogP contribution < -0.4 is 31.5 Å². The lowest BCUT2D eigenvalue weighted by atomic mass is 10.1. The van der Waals surface area contributed by atoms with E-state index in [1.54, 1.807) is 0 Å². The van der Waals surface area contributed by atoms with E-state index in [4.69, 9.17) is 16.3 Å². The average molecular weight is 373 g/mol. The van der Waals surface area contributed by atoms with E-state index >= 15 is 0 Å². The third-order valence-electron chi connectivity index (χ3n) is 4.63. The summed E-state index contributed by atoms with van der Waals surface area (Å²) in [6, 6.07) is 14.1. The van der Waals surface area contributed by atoms with Gasteiger partial charge < -0.3 is 20.1 Å². The summed E-state index contributed by atoms with van der Waals surface area (Å²) in [7, 11) is 0. The summed E-state index contributed by atoms with van der Waals surface area (Å²) in [6.45, 7) is 4.05. The Hall–Kier alpha value is -2.57. The third kappa shape index (κ3) is 3.38. The Kier molecular flexibility index (Phi) is 4.77. The first-order valence-corrected chi connectivity index (χ1v) is 9.00. The Morgan fingerprint density at radius 1 is 1.08 bits per heavy atom. The number of halogens is 1. The van der Waals surface area contributed by atoms with Gasteiger partial charge in [0.15, 0.2) is 0 Å². The van der Waals surface area contributed by atoms with Gasteiger partial charge in [-0.2, -0.15) is 0 Å². The van der Waals surface area contributed by atoms with Gasteiger partial charge >= 0.3 is 0 Å². The van der Waals surface area contributed by atoms with Gasteiger partial charge in [-0.15, -0.1) is 0 Å². The first-order chi connectivity index (χ1) is 12.7. The quantitative estimate of drug-likeness (QED) is 0.604. The molecule has 2 aliphatic heterocycles. The number of aliphatic hydroxyl groups is 1. The lowest BCUT2D eigenvalue weighted by Crippen LogP contribution is -2.45. The molecular weight excluding hydrogens is 352 g/mol. The molecule has 4 N–H and O–H groups in total. The van der Waals surface area contributed by atoms with Crippen LogP contribution in [0.15, 0.2) is 42.5 Å². The van der Waals surface area contributed by atoms with Crippen LogP contribution in [0.1, 0.15) is 5.56 Å². The number of nitrogens with zero attached hydrogens (tertiary/aromatic N) is 1. The van der Waals surface area contributed by atoms with E-state index in [2.05, 4.69) is 45.3 Å². The third-order valence-corrected chi connectivity index (χ3v) is 4.93. The fourth-order valence-corrected chi connectivity index (χ4v) is 3.47. The lowest BCUT2D eigenvalue weighted by Gasteiger charge is -2.30. The van der Waals surface area contributed by atoms with Gasteiger partial charge in [0.25, 0.3) is 0 Å². The van der Waals surface area contributed by atoms with E-state index in [1.165, 1.54) is 11.3 Å². The number of ether oxygens (including phenoxy) is 1. The van der Waals surface area contributed by atoms with Crippen LogP contribution in [0.4, 0.5) is 11.4 Å². The zero-order chi connectivity index (χ0) is 17.9. The molecule has 136 valence electrons. The molecule has 4 rings (SSSR count). The second kappa shape index (κ2) is 7.35. The molecule has 2 heterocycles. The number of nitrogens with one attached hydrogen (secondary N) is 3. The van der Waals surface area contributed by atoms with Crippen molar-refractivity contribution in [2.24, 2.45) is 0 Å². The highest BCUT2D eigenvalue weighted by atomic mass is 35.5. The predicted octanol–water partition coefficient (Wildman–Crippen LogP) is 1.17. The summed E-state index contributed by atoms with van der Waals surface area (Å²) < 4.78 is 5.46. The fourth-order valence-electron chi connectivity index (χ4n) is 3.26. The molecule has 0 spiro atoms. The largest absolute Gasteiger partial charge is 0.493 e. The number of hydrogen-bond donors (Lipinski definition) is 4. The molecule has 2 aromatic carbocycles. The number of fused-ring (bicyclic) bond motifs is 1. The molecule has 1 fully saturated rings. The molecule has 0 unspecified atom stereocenters. The number of morpholine rings is 1. The maximum Gasteiger partial charge on any atom is 0.211 e. The standard InChI is InChI=1S/C19H21ClN4O2/c20-18-16-11-14(5-6-15(16)19(25)23-22-18)21-12-13-3-1-2-4-17(13)24-7-9-26-10-8-24/h1-6,11,21-23,25H,7-10,12H2. The van der Waals surface area contributed by atoms with Crippen molar-refractivity contribution in [3.8, 4) is 0 Å². The van der Waals surface area contributed by atoms with Gasteiger partial charge in [-0.25, -0.2) is 0 Å². The van der Waals surface area contributed by atoms with Crippen LogP contribution >= 0.6 is 11.6 Å². The van der Waals surface area contributed by atoms with Crippen molar-refractivity contribution >= 4 is 34.0 Å². The van der Waals surface area contributed by atoms with E-state index in [0.717, 1.165) is 37.2 Å². The van der Waals surface area contributed by atoms with Crippen molar-refractivity contribution in [2.75, 3.05) is 36.5 Å². The van der Waals surface area contributed by atoms with Gasteiger partial charge in [-0.3, -0.25) is 10.9 Å². The smallest absolute Gasteiger partial charge is 0.211 e. The summed E-state index contributed by atoms with van der Waals surface area (Å²) in [5, 5.41) is 15.2. The van der Waals surface area contributed by atoms with Crippen LogP contribution in [-0.2, 0) is 11.3 Å². The molecule has 6 nitrogen and oxygen atoms in total. The molecule has 0 radical (unpaired) electrons. The van der Waals surface area contributed by atoms with E-state index in [-0.39, 0.29) is 5.88 Å². The van der Waals surface area contributed by atoms with E-state index in [9.17, 15) is 5.11 Å². The number of para-hydroxylation sites is 1. The molecule has 0 aliphatic carbocycles. The molecule has 0 aromatic heterocycles. The van der Waals surface area contributed by atoms with E-state index in [0.29, 0.717) is 16.9 Å². The normalized spacial score (nSPS) is 16.6. The topological polar surface area (TPSA) is 68.8 Å². The first-order valence-electron chi connectivity index (χ1n) is 8.62. The molecule has 2 aromatic rings. The summed E-state index contributed by atoms with van der Waals surface area (Å²) >= 11 is 6.20. The van der Waals surface area contributed by atoms with Crippen molar-refractivity contribution in [2.45, 2.75) is 6.54 Å². The SMILES string of the molecule is OC1=c2ccc(NCc3ccccc3N3CCOCC3)cc2=C(Cl)NN1. The number of hydrazine groups is 1. The van der Waals surface area contributed by atoms with Crippen LogP contribution in [0.25, 0.3) is 11.0 Å². The number of aliphatic hydroxyl groups excluding tert-OH is 1. The minimum absolute atomic E-state index is 0.0635. The fraction of sp³-hybridized carbons (Fsp3) is 0.263. The van der Waals surface area contributed by atoms with Gasteiger partial charge in [0.05, 0.1) is 13.2 Å². The highest BCUT2D eigenvalue weighted by molar-refractivity contribution is 6.44. The van der Waals surface area contributed by atoms with Gasteiger partial charge in [0, 0.05) is 41.4 Å². The van der Waals surface area contributed by atoms with Crippen molar-refractivity contribution < 1.29 is 9.84 Å². The summed E-state index contributed by atoms with van der Waals surface area (Å²) in [4.78, 5) is 2.36. The van der Waals surface area contributed by atoms with Crippen LogP contribution in [-0.4, -0.2) is 31.4 Å². The number of rotatable bonds is 4. The molecule has 1 saturated heterocycles. The maximum atomic E-state index is 9.89. The minimum atomic E-state index is 0.0635. The number of anilines is 2. The zero-order valence-electron chi connectivity index (χ0n) is 14.3. The monoisotopic (exact) mass is 372 g/mol. The number of benzene rings is 2. The van der Waals surface area contributed by atoms with Crippen LogP contribution in [0.5, 0.6) is 0 Å². The summed E-state index contributed by atoms with van der Waals surface area (Å²) in [6.07, 6.45) is 0. The summed E-state index contributed by atoms with van der Waals surface area (Å²) in [5.41, 5.74) is 8.78. The molecule has 0 atom stereocenters. The second-order valence-corrected chi connectivity index (χ2v) is 6.63. The highest BCUT2D eigenvalue weighted by Gasteiger charge is 2.14. The van der Waals surface area contributed by atoms with Crippen molar-refractivity contribution in [1.29, 1.82) is 0 Å². The van der Waals surface area contributed by atoms with E-state index in [1.807, 2.05) is 18.2 Å². The van der Waals surface area contributed by atoms with Gasteiger partial charge in [0.1, 0.15) is 5.16 Å². The van der Waals surface area contributed by atoms with Gasteiger partial charge in [-0.05, 0) is 29.8 Å². The second-order valence-electron chi connectivity index (χ2n) is 6.25. The predicted molar refractivity (Wildman–Crippen MR) is 104 cm³/mol. The number of hydrogen-bond acceptors (Lipinski definition) is 6. The van der Waals surface area contributed by atoms with Gasteiger partial charge in [-0.1, -0.05) is 29.8 Å².